The molecule has 0 heterocycles. The van der Waals surface area contributed by atoms with Gasteiger partial charge in [0.1, 0.15) is 11.6 Å². The van der Waals surface area contributed by atoms with Crippen LogP contribution in [0.25, 0.3) is 0 Å². The van der Waals surface area contributed by atoms with Crippen LogP contribution in [0.1, 0.15) is 12.5 Å². The van der Waals surface area contributed by atoms with Gasteiger partial charge in [0.2, 0.25) is 0 Å². The first kappa shape index (κ1) is 7.92. The van der Waals surface area contributed by atoms with Crippen LogP contribution in [-0.2, 0) is 11.2 Å². The molecular formula is C9H9FO. The van der Waals surface area contributed by atoms with Crippen molar-refractivity contribution in [3.63, 3.8) is 0 Å². The number of carbonyl (C=O) groups is 1. The van der Waals surface area contributed by atoms with Gasteiger partial charge in [-0.05, 0) is 24.6 Å². The van der Waals surface area contributed by atoms with Gasteiger partial charge in [0.15, 0.2) is 0 Å². The number of carbonyl (C=O) groups excluding carboxylic acids is 1. The number of halogens is 1. The largest absolute Gasteiger partial charge is 0.300 e. The van der Waals surface area contributed by atoms with Gasteiger partial charge in [-0.3, -0.25) is 4.79 Å². The smallest absolute Gasteiger partial charge is 0.134 e. The van der Waals surface area contributed by atoms with Crippen LogP contribution in [0.15, 0.2) is 24.3 Å². The first-order valence-corrected chi connectivity index (χ1v) is 3.42. The Morgan fingerprint density at radius 2 is 2.27 bits per heavy atom. The fraction of sp³-hybridized carbons (Fsp3) is 0.222. The van der Waals surface area contributed by atoms with Crippen LogP contribution in [0, 0.1) is 5.82 Å². The number of rotatable bonds is 2. The zero-order valence-electron chi connectivity index (χ0n) is 6.30. The van der Waals surface area contributed by atoms with Gasteiger partial charge in [0.05, 0.1) is 0 Å². The van der Waals surface area contributed by atoms with Gasteiger partial charge >= 0.3 is 0 Å². The lowest BCUT2D eigenvalue weighted by Gasteiger charge is -1.95. The summed E-state index contributed by atoms with van der Waals surface area (Å²) in [7, 11) is 0. The highest BCUT2D eigenvalue weighted by Gasteiger charge is 1.97. The molecule has 58 valence electrons. The third-order valence-corrected chi connectivity index (χ3v) is 1.34. The summed E-state index contributed by atoms with van der Waals surface area (Å²) >= 11 is 0. The van der Waals surface area contributed by atoms with E-state index in [-0.39, 0.29) is 11.6 Å². The lowest BCUT2D eigenvalue weighted by Crippen LogP contribution is -1.95. The van der Waals surface area contributed by atoms with E-state index in [0.717, 1.165) is 5.56 Å². The van der Waals surface area contributed by atoms with Crippen LogP contribution >= 0.6 is 0 Å². The highest BCUT2D eigenvalue weighted by molar-refractivity contribution is 5.78. The number of hydrogen-bond donors (Lipinski definition) is 0. The van der Waals surface area contributed by atoms with Crippen LogP contribution in [0.3, 0.4) is 0 Å². The zero-order chi connectivity index (χ0) is 8.27. The Balaban J connectivity index is 2.79. The molecule has 1 rings (SSSR count). The summed E-state index contributed by atoms with van der Waals surface area (Å²) in [5, 5.41) is 0. The van der Waals surface area contributed by atoms with Crippen LogP contribution in [0.5, 0.6) is 0 Å². The van der Waals surface area contributed by atoms with E-state index in [4.69, 9.17) is 0 Å². The minimum Gasteiger partial charge on any atom is -0.300 e. The molecule has 1 aromatic rings. The summed E-state index contributed by atoms with van der Waals surface area (Å²) in [6, 6.07) is 6.09. The molecule has 0 saturated heterocycles. The Morgan fingerprint density at radius 3 is 2.82 bits per heavy atom. The summed E-state index contributed by atoms with van der Waals surface area (Å²) in [6.45, 7) is 1.49. The van der Waals surface area contributed by atoms with E-state index in [1.54, 1.807) is 12.1 Å². The summed E-state index contributed by atoms with van der Waals surface area (Å²) < 4.78 is 12.5. The van der Waals surface area contributed by atoms with Crippen molar-refractivity contribution in [3.8, 4) is 0 Å². The van der Waals surface area contributed by atoms with E-state index in [2.05, 4.69) is 0 Å². The third-order valence-electron chi connectivity index (χ3n) is 1.34. The zero-order valence-corrected chi connectivity index (χ0v) is 6.30. The molecule has 0 amide bonds. The molecule has 0 aliphatic carbocycles. The quantitative estimate of drug-likeness (QED) is 0.631. The van der Waals surface area contributed by atoms with Crippen molar-refractivity contribution < 1.29 is 9.18 Å². The summed E-state index contributed by atoms with van der Waals surface area (Å²) in [6.07, 6.45) is 0.317. The monoisotopic (exact) mass is 151 g/mol. The molecule has 1 aromatic carbocycles. The van der Waals surface area contributed by atoms with Crippen LogP contribution in [0.2, 0.25) is 0 Å². The molecule has 0 spiro atoms. The Morgan fingerprint density at radius 1 is 1.55 bits per heavy atom. The molecule has 0 aromatic heterocycles. The van der Waals surface area contributed by atoms with Crippen molar-refractivity contribution in [1.82, 2.24) is 0 Å². The van der Waals surface area contributed by atoms with E-state index in [1.807, 2.05) is 0 Å². The van der Waals surface area contributed by atoms with Gasteiger partial charge in [0.25, 0.3) is 0 Å². The summed E-state index contributed by atoms with van der Waals surface area (Å²) in [5.41, 5.74) is 0.734. The molecule has 0 radical (unpaired) electrons. The molecule has 1 nitrogen and oxygen atoms in total. The van der Waals surface area contributed by atoms with Crippen molar-refractivity contribution in [2.24, 2.45) is 0 Å². The second-order valence-corrected chi connectivity index (χ2v) is 2.51. The van der Waals surface area contributed by atoms with Crippen LogP contribution in [0.4, 0.5) is 4.39 Å². The molecule has 0 bridgehead atoms. The third kappa shape index (κ3) is 2.50. The second kappa shape index (κ2) is 3.28. The Labute approximate surface area is 64.9 Å². The average molecular weight is 151 g/mol. The molecule has 0 fully saturated rings. The maximum Gasteiger partial charge on any atom is 0.134 e. The number of ketones is 1. The van der Waals surface area contributed by atoms with Gasteiger partial charge in [0, 0.05) is 6.42 Å². The predicted octanol–water partition coefficient (Wildman–Crippen LogP) is 1.96. The molecule has 0 unspecified atom stereocenters. The van der Waals surface area contributed by atoms with Gasteiger partial charge < -0.3 is 0 Å². The minimum atomic E-state index is -0.288. The Hall–Kier alpha value is -1.18. The van der Waals surface area contributed by atoms with E-state index in [9.17, 15) is 9.18 Å². The fourth-order valence-electron chi connectivity index (χ4n) is 0.934. The molecule has 2 heteroatoms. The molecule has 0 saturated carbocycles. The maximum absolute atomic E-state index is 12.5. The first-order valence-electron chi connectivity index (χ1n) is 3.42. The minimum absolute atomic E-state index is 0.0515. The molecule has 0 N–H and O–H groups in total. The topological polar surface area (TPSA) is 17.1 Å². The predicted molar refractivity (Wildman–Crippen MR) is 40.8 cm³/mol. The number of hydrogen-bond acceptors (Lipinski definition) is 1. The Bertz CT molecular complexity index is 268. The second-order valence-electron chi connectivity index (χ2n) is 2.51. The number of Topliss-reactive ketones (excluding diaryl/α,β-unsaturated/α-hetero) is 1. The van der Waals surface area contributed by atoms with Crippen LogP contribution < -0.4 is 0 Å². The Kier molecular flexibility index (Phi) is 2.36. The molecule has 11 heavy (non-hydrogen) atoms. The number of benzene rings is 1. The van der Waals surface area contributed by atoms with Crippen molar-refractivity contribution in [3.05, 3.63) is 35.6 Å². The summed E-state index contributed by atoms with van der Waals surface area (Å²) in [5.74, 6) is -0.237. The van der Waals surface area contributed by atoms with E-state index >= 15 is 0 Å². The molecular weight excluding hydrogens is 142 g/mol. The molecule has 0 aliphatic heterocycles. The molecule has 0 atom stereocenters. The normalized spacial score (nSPS) is 9.64. The van der Waals surface area contributed by atoms with Gasteiger partial charge in [-0.15, -0.1) is 0 Å². The fourth-order valence-corrected chi connectivity index (χ4v) is 0.934. The summed E-state index contributed by atoms with van der Waals surface area (Å²) in [4.78, 5) is 10.6. The first-order chi connectivity index (χ1) is 5.18. The van der Waals surface area contributed by atoms with Crippen molar-refractivity contribution in [1.29, 1.82) is 0 Å². The van der Waals surface area contributed by atoms with Crippen molar-refractivity contribution in [2.45, 2.75) is 13.3 Å². The van der Waals surface area contributed by atoms with Crippen LogP contribution in [-0.4, -0.2) is 5.78 Å². The van der Waals surface area contributed by atoms with Gasteiger partial charge in [-0.1, -0.05) is 12.1 Å². The lowest BCUT2D eigenvalue weighted by molar-refractivity contribution is -0.116. The highest BCUT2D eigenvalue weighted by atomic mass is 18.2. The van der Waals surface area contributed by atoms with Gasteiger partial charge in [-0.2, -0.15) is 0 Å². The van der Waals surface area contributed by atoms with E-state index in [1.165, 1.54) is 19.1 Å². The van der Waals surface area contributed by atoms with Crippen molar-refractivity contribution in [2.75, 3.05) is 0 Å². The molecule has 0 aliphatic rings. The SMILES string of the molecule is CC(=O)Cc1cccc([18F])c1. The van der Waals surface area contributed by atoms with E-state index in [0.29, 0.717) is 6.42 Å². The van der Waals surface area contributed by atoms with Gasteiger partial charge in [-0.25, -0.2) is 4.39 Å². The average Bonchev–Trinajstić information content (AvgIpc) is 1.85. The maximum atomic E-state index is 12.5. The van der Waals surface area contributed by atoms with Crippen molar-refractivity contribution >= 4 is 5.78 Å². The lowest BCUT2D eigenvalue weighted by atomic mass is 10.1. The highest BCUT2D eigenvalue weighted by Crippen LogP contribution is 2.03. The standard InChI is InChI=1S/C9H9FO/c1-7(11)5-8-3-2-4-9(10)6-8/h2-4,6H,5H2,1H3/i10-1. The van der Waals surface area contributed by atoms with E-state index < -0.39 is 0 Å².